The molecule has 0 radical (unpaired) electrons. The van der Waals surface area contributed by atoms with E-state index in [1.54, 1.807) is 19.1 Å². The summed E-state index contributed by atoms with van der Waals surface area (Å²) in [6.07, 6.45) is -3.41. The molecule has 0 aliphatic heterocycles. The molecule has 0 saturated carbocycles. The Labute approximate surface area is 253 Å². The summed E-state index contributed by atoms with van der Waals surface area (Å²) in [5, 5.41) is 3.41. The highest BCUT2D eigenvalue weighted by Crippen LogP contribution is 2.38. The van der Waals surface area contributed by atoms with Gasteiger partial charge in [-0.3, -0.25) is 9.10 Å². The molecule has 0 aliphatic rings. The monoisotopic (exact) mass is 630 g/mol. The maximum Gasteiger partial charge on any atom is 0.417 e. The van der Waals surface area contributed by atoms with E-state index in [2.05, 4.69) is 16.6 Å². The molecule has 3 aromatic carbocycles. The number of hydrazone groups is 1. The number of aromatic nitrogens is 1. The molecule has 0 aliphatic carbocycles. The maximum atomic E-state index is 13.6. The van der Waals surface area contributed by atoms with Gasteiger partial charge in [0.2, 0.25) is 0 Å². The van der Waals surface area contributed by atoms with Crippen LogP contribution in [0.2, 0.25) is 5.02 Å². The van der Waals surface area contributed by atoms with E-state index in [9.17, 15) is 26.4 Å². The quantitative estimate of drug-likeness (QED) is 0.167. The molecular formula is C31H30ClF3N4O3S. The fraction of sp³-hybridized carbons (Fsp3) is 0.226. The number of amides is 1. The first kappa shape index (κ1) is 31.8. The van der Waals surface area contributed by atoms with Gasteiger partial charge in [0.25, 0.3) is 15.9 Å². The third-order valence-electron chi connectivity index (χ3n) is 7.05. The van der Waals surface area contributed by atoms with Gasteiger partial charge in [-0.15, -0.1) is 0 Å². The molecule has 1 N–H and O–H groups in total. The molecule has 7 nitrogen and oxygen atoms in total. The van der Waals surface area contributed by atoms with Crippen LogP contribution in [0.1, 0.15) is 39.2 Å². The van der Waals surface area contributed by atoms with Gasteiger partial charge < -0.3 is 4.57 Å². The fourth-order valence-corrected chi connectivity index (χ4v) is 6.20. The van der Waals surface area contributed by atoms with Gasteiger partial charge in [0.05, 0.1) is 27.4 Å². The minimum absolute atomic E-state index is 0.198. The van der Waals surface area contributed by atoms with E-state index in [0.29, 0.717) is 15.9 Å². The van der Waals surface area contributed by atoms with Gasteiger partial charge in [0.1, 0.15) is 6.54 Å². The number of hydrogen-bond donors (Lipinski definition) is 1. The van der Waals surface area contributed by atoms with Gasteiger partial charge in [-0.2, -0.15) is 18.3 Å². The number of alkyl halides is 3. The molecule has 12 heteroatoms. The largest absolute Gasteiger partial charge is 0.417 e. The zero-order chi connectivity index (χ0) is 31.7. The highest BCUT2D eigenvalue weighted by atomic mass is 35.5. The van der Waals surface area contributed by atoms with Crippen molar-refractivity contribution in [3.8, 4) is 5.69 Å². The summed E-state index contributed by atoms with van der Waals surface area (Å²) in [6, 6.07) is 16.4. The highest BCUT2D eigenvalue weighted by Gasteiger charge is 2.35. The Morgan fingerprint density at radius 2 is 1.63 bits per heavy atom. The van der Waals surface area contributed by atoms with Gasteiger partial charge in [-0.1, -0.05) is 35.4 Å². The van der Waals surface area contributed by atoms with E-state index in [0.717, 1.165) is 40.3 Å². The Morgan fingerprint density at radius 1 is 0.953 bits per heavy atom. The molecular weight excluding hydrogens is 601 g/mol. The smallest absolute Gasteiger partial charge is 0.318 e. The predicted octanol–water partition coefficient (Wildman–Crippen LogP) is 7.04. The molecule has 0 fully saturated rings. The molecule has 4 aromatic rings. The van der Waals surface area contributed by atoms with Crippen LogP contribution >= 0.6 is 11.6 Å². The molecule has 0 saturated heterocycles. The van der Waals surface area contributed by atoms with Crippen molar-refractivity contribution in [2.24, 2.45) is 5.10 Å². The number of hydrogen-bond acceptors (Lipinski definition) is 4. The predicted molar refractivity (Wildman–Crippen MR) is 163 cm³/mol. The van der Waals surface area contributed by atoms with Crippen LogP contribution in [-0.4, -0.2) is 31.7 Å². The number of anilines is 1. The number of aryl methyl sites for hydroxylation is 4. The minimum atomic E-state index is -4.84. The normalized spacial score (nSPS) is 12.1. The molecule has 0 bridgehead atoms. The molecule has 0 atom stereocenters. The van der Waals surface area contributed by atoms with Crippen molar-refractivity contribution in [2.45, 2.75) is 45.7 Å². The van der Waals surface area contributed by atoms with Crippen molar-refractivity contribution in [1.29, 1.82) is 0 Å². The lowest BCUT2D eigenvalue weighted by atomic mass is 10.1. The Kier molecular flexibility index (Phi) is 9.08. The SMILES string of the molecule is Cc1ccc(S(=O)(=O)N(CC(=O)N/N=C\c2cc(C)n(-c3ccc(C)c(C)c3)c2C)c2ccc(Cl)c(C(F)(F)F)c2)cc1. The number of sulfonamides is 1. The summed E-state index contributed by atoms with van der Waals surface area (Å²) >= 11 is 5.76. The average molecular weight is 631 g/mol. The lowest BCUT2D eigenvalue weighted by Crippen LogP contribution is -2.39. The molecule has 43 heavy (non-hydrogen) atoms. The number of rotatable bonds is 8. The summed E-state index contributed by atoms with van der Waals surface area (Å²) in [5.74, 6) is -0.863. The van der Waals surface area contributed by atoms with Gasteiger partial charge >= 0.3 is 6.18 Å². The number of carbonyl (C=O) groups excluding carboxylic acids is 1. The summed E-state index contributed by atoms with van der Waals surface area (Å²) < 4.78 is 70.6. The number of nitrogens with one attached hydrogen (secondary N) is 1. The fourth-order valence-electron chi connectivity index (χ4n) is 4.56. The van der Waals surface area contributed by atoms with Crippen molar-refractivity contribution < 1.29 is 26.4 Å². The van der Waals surface area contributed by atoms with Gasteiger partial charge in [-0.05, 0) is 94.3 Å². The molecule has 1 heterocycles. The second-order valence-corrected chi connectivity index (χ2v) is 12.5. The highest BCUT2D eigenvalue weighted by molar-refractivity contribution is 7.92. The lowest BCUT2D eigenvalue weighted by molar-refractivity contribution is -0.137. The van der Waals surface area contributed by atoms with Gasteiger partial charge in [0.15, 0.2) is 0 Å². The topological polar surface area (TPSA) is 83.8 Å². The molecule has 1 amide bonds. The summed E-state index contributed by atoms with van der Waals surface area (Å²) in [5.41, 5.74) is 7.27. The maximum absolute atomic E-state index is 13.6. The van der Waals surface area contributed by atoms with Crippen LogP contribution in [0, 0.1) is 34.6 Å². The first-order valence-corrected chi connectivity index (χ1v) is 15.0. The Bertz CT molecular complexity index is 1820. The van der Waals surface area contributed by atoms with Crippen LogP contribution in [0.5, 0.6) is 0 Å². The summed E-state index contributed by atoms with van der Waals surface area (Å²) in [6.45, 7) is 8.82. The van der Waals surface area contributed by atoms with E-state index >= 15 is 0 Å². The van der Waals surface area contributed by atoms with Crippen molar-refractivity contribution in [3.05, 3.63) is 111 Å². The van der Waals surface area contributed by atoms with Crippen LogP contribution in [0.25, 0.3) is 5.69 Å². The van der Waals surface area contributed by atoms with Crippen LogP contribution in [0.15, 0.2) is 76.7 Å². The van der Waals surface area contributed by atoms with E-state index < -0.39 is 39.2 Å². The number of halogens is 4. The van der Waals surface area contributed by atoms with Gasteiger partial charge in [-0.25, -0.2) is 13.8 Å². The van der Waals surface area contributed by atoms with Crippen molar-refractivity contribution in [2.75, 3.05) is 10.8 Å². The van der Waals surface area contributed by atoms with E-state index in [4.69, 9.17) is 11.6 Å². The van der Waals surface area contributed by atoms with Crippen LogP contribution in [0.4, 0.5) is 18.9 Å². The van der Waals surface area contributed by atoms with E-state index in [1.165, 1.54) is 23.9 Å². The number of nitrogens with zero attached hydrogens (tertiary/aromatic N) is 3. The molecule has 0 spiro atoms. The molecule has 4 rings (SSSR count). The first-order chi connectivity index (χ1) is 20.1. The van der Waals surface area contributed by atoms with E-state index in [-0.39, 0.29) is 10.6 Å². The third kappa shape index (κ3) is 6.94. The number of benzene rings is 3. The minimum Gasteiger partial charge on any atom is -0.318 e. The second kappa shape index (κ2) is 12.3. The Balaban J connectivity index is 1.62. The van der Waals surface area contributed by atoms with Crippen LogP contribution in [0.3, 0.4) is 0 Å². The molecule has 1 aromatic heterocycles. The molecule has 0 unspecified atom stereocenters. The summed E-state index contributed by atoms with van der Waals surface area (Å²) in [4.78, 5) is 12.8. The summed E-state index contributed by atoms with van der Waals surface area (Å²) in [7, 11) is -4.46. The zero-order valence-corrected chi connectivity index (χ0v) is 25.7. The van der Waals surface area contributed by atoms with Crippen molar-refractivity contribution >= 4 is 39.4 Å². The van der Waals surface area contributed by atoms with Crippen molar-refractivity contribution in [3.63, 3.8) is 0 Å². The average Bonchev–Trinajstić information content (AvgIpc) is 3.21. The zero-order valence-electron chi connectivity index (χ0n) is 24.1. The third-order valence-corrected chi connectivity index (χ3v) is 9.17. The van der Waals surface area contributed by atoms with Crippen molar-refractivity contribution in [1.82, 2.24) is 9.99 Å². The van der Waals surface area contributed by atoms with E-state index in [1.807, 2.05) is 50.5 Å². The first-order valence-electron chi connectivity index (χ1n) is 13.1. The standard InChI is InChI=1S/C31H30ClF3N4O3S/c1-19-6-11-27(12-7-19)43(41,42)38(25-10-13-29(32)28(16-25)31(33,34)35)18-30(40)37-36-17-24-15-22(4)39(23(24)5)26-9-8-20(2)21(3)14-26/h6-17H,18H2,1-5H3,(H,37,40)/b36-17-. The molecule has 226 valence electrons. The second-order valence-electron chi connectivity index (χ2n) is 10.2. The number of carbonyl (C=O) groups is 1. The van der Waals surface area contributed by atoms with Gasteiger partial charge in [0, 0.05) is 22.6 Å². The Hall–Kier alpha value is -4.09. The van der Waals surface area contributed by atoms with Crippen LogP contribution in [-0.2, 0) is 21.0 Å². The van der Waals surface area contributed by atoms with Crippen LogP contribution < -0.4 is 9.73 Å². The lowest BCUT2D eigenvalue weighted by Gasteiger charge is -2.25. The Morgan fingerprint density at radius 3 is 2.26 bits per heavy atom.